The highest BCUT2D eigenvalue weighted by molar-refractivity contribution is 5.85. The van der Waals surface area contributed by atoms with Crippen LogP contribution >= 0.6 is 0 Å². The number of carbonyl (C=O) groups excluding carboxylic acids is 1. The largest absolute Gasteiger partial charge is 0.412 e. The number of hydrogen-bond donors (Lipinski definition) is 2. The van der Waals surface area contributed by atoms with Crippen molar-refractivity contribution in [2.24, 2.45) is 0 Å². The Bertz CT molecular complexity index is 1250. The highest BCUT2D eigenvalue weighted by atomic mass is 16.6. The molecule has 6 nitrogen and oxygen atoms in total. The van der Waals surface area contributed by atoms with Crippen LogP contribution < -0.4 is 15.0 Å². The Morgan fingerprint density at radius 3 is 2.42 bits per heavy atom. The fraction of sp³-hybridized carbons (Fsp3) is 0.300. The maximum absolute atomic E-state index is 12.3. The van der Waals surface area contributed by atoms with Crippen molar-refractivity contribution >= 4 is 22.7 Å². The van der Waals surface area contributed by atoms with E-state index in [2.05, 4.69) is 56.6 Å². The lowest BCUT2D eigenvalue weighted by Gasteiger charge is -2.36. The minimum absolute atomic E-state index is 0.442. The first-order chi connectivity index (χ1) is 17.7. The zero-order valence-corrected chi connectivity index (χ0v) is 20.7. The minimum Gasteiger partial charge on any atom is -0.410 e. The molecule has 4 aromatic rings. The van der Waals surface area contributed by atoms with Gasteiger partial charge in [0.25, 0.3) is 0 Å². The summed E-state index contributed by atoms with van der Waals surface area (Å²) >= 11 is 0. The first-order valence-electron chi connectivity index (χ1n) is 12.9. The molecule has 0 radical (unpaired) electrons. The number of H-pyrrole nitrogens is 1. The van der Waals surface area contributed by atoms with Crippen LogP contribution in [0.4, 0.5) is 10.5 Å². The molecule has 1 aliphatic rings. The summed E-state index contributed by atoms with van der Waals surface area (Å²) < 4.78 is 5.54. The highest BCUT2D eigenvalue weighted by Gasteiger charge is 2.16. The number of fused-ring (bicyclic) bond motifs is 1. The molecule has 1 aromatic heterocycles. The van der Waals surface area contributed by atoms with Gasteiger partial charge >= 0.3 is 6.09 Å². The first-order valence-corrected chi connectivity index (χ1v) is 12.9. The smallest absolute Gasteiger partial charge is 0.410 e. The van der Waals surface area contributed by atoms with Crippen molar-refractivity contribution in [1.82, 2.24) is 15.2 Å². The number of anilines is 1. The second-order valence-corrected chi connectivity index (χ2v) is 9.37. The molecule has 1 aliphatic heterocycles. The van der Waals surface area contributed by atoms with E-state index in [4.69, 9.17) is 4.74 Å². The Labute approximate surface area is 212 Å². The molecule has 1 amide bonds. The van der Waals surface area contributed by atoms with Gasteiger partial charge in [0.1, 0.15) is 5.75 Å². The second kappa shape index (κ2) is 11.8. The maximum atomic E-state index is 12.3. The van der Waals surface area contributed by atoms with Crippen LogP contribution in [0.25, 0.3) is 10.9 Å². The quantitative estimate of drug-likeness (QED) is 0.305. The van der Waals surface area contributed by atoms with E-state index in [0.29, 0.717) is 12.3 Å². The van der Waals surface area contributed by atoms with Gasteiger partial charge < -0.3 is 19.9 Å². The minimum atomic E-state index is -0.442. The number of rotatable bonds is 9. The van der Waals surface area contributed by atoms with Crippen molar-refractivity contribution in [3.05, 3.63) is 96.2 Å². The van der Waals surface area contributed by atoms with E-state index in [9.17, 15) is 4.79 Å². The van der Waals surface area contributed by atoms with Crippen LogP contribution in [-0.2, 0) is 13.0 Å². The lowest BCUT2D eigenvalue weighted by atomic mass is 10.1. The topological polar surface area (TPSA) is 60.6 Å². The van der Waals surface area contributed by atoms with Crippen molar-refractivity contribution < 1.29 is 9.53 Å². The van der Waals surface area contributed by atoms with E-state index in [1.54, 1.807) is 0 Å². The molecule has 0 saturated carbocycles. The van der Waals surface area contributed by atoms with Crippen LogP contribution in [0, 0.1) is 0 Å². The van der Waals surface area contributed by atoms with Crippen molar-refractivity contribution in [1.29, 1.82) is 0 Å². The number of ether oxygens (including phenoxy) is 1. The molecule has 6 heteroatoms. The predicted molar refractivity (Wildman–Crippen MR) is 146 cm³/mol. The van der Waals surface area contributed by atoms with Crippen LogP contribution in [0.15, 0.2) is 85.1 Å². The Hall–Kier alpha value is -3.77. The molecule has 36 heavy (non-hydrogen) atoms. The third-order valence-corrected chi connectivity index (χ3v) is 6.89. The molecule has 0 unspecified atom stereocenters. The fourth-order valence-electron chi connectivity index (χ4n) is 4.86. The molecule has 0 atom stereocenters. The number of benzene rings is 3. The van der Waals surface area contributed by atoms with E-state index < -0.39 is 6.09 Å². The molecule has 0 spiro atoms. The van der Waals surface area contributed by atoms with E-state index >= 15 is 0 Å². The average molecular weight is 483 g/mol. The van der Waals surface area contributed by atoms with Gasteiger partial charge in [0, 0.05) is 55.5 Å². The second-order valence-electron chi connectivity index (χ2n) is 9.37. The van der Waals surface area contributed by atoms with Gasteiger partial charge in [-0.25, -0.2) is 4.79 Å². The SMILES string of the molecule is O=C(NCc1ccccc1)Oc1ccc2[nH]cc(CCCCN3CCN(c4ccccc4)CC3)c2c1. The van der Waals surface area contributed by atoms with Crippen LogP contribution in [0.5, 0.6) is 5.75 Å². The van der Waals surface area contributed by atoms with Crippen LogP contribution in [0.2, 0.25) is 0 Å². The van der Waals surface area contributed by atoms with Gasteiger partial charge in [0.2, 0.25) is 0 Å². The number of piperazine rings is 1. The van der Waals surface area contributed by atoms with E-state index in [1.165, 1.54) is 17.7 Å². The molecular formula is C30H34N4O2. The monoisotopic (exact) mass is 482 g/mol. The number of aromatic nitrogens is 1. The Kier molecular flexibility index (Phi) is 7.83. The van der Waals surface area contributed by atoms with Gasteiger partial charge in [-0.15, -0.1) is 0 Å². The Morgan fingerprint density at radius 1 is 0.889 bits per heavy atom. The number of hydrogen-bond acceptors (Lipinski definition) is 4. The van der Waals surface area contributed by atoms with Gasteiger partial charge in [-0.1, -0.05) is 48.5 Å². The fourth-order valence-corrected chi connectivity index (χ4v) is 4.86. The summed E-state index contributed by atoms with van der Waals surface area (Å²) in [6.07, 6.45) is 4.96. The standard InChI is InChI=1S/C30H34N4O2/c35-30(32-22-24-9-3-1-4-10-24)36-27-14-15-29-28(21-27)25(23-31-29)11-7-8-16-33-17-19-34(20-18-33)26-12-5-2-6-13-26/h1-6,9-10,12-15,21,23,31H,7-8,11,16-20,22H2,(H,32,35). The zero-order valence-electron chi connectivity index (χ0n) is 20.7. The normalized spacial score (nSPS) is 14.2. The highest BCUT2D eigenvalue weighted by Crippen LogP contribution is 2.25. The van der Waals surface area contributed by atoms with E-state index in [1.807, 2.05) is 48.5 Å². The van der Waals surface area contributed by atoms with E-state index in [-0.39, 0.29) is 0 Å². The van der Waals surface area contributed by atoms with Gasteiger partial charge in [-0.3, -0.25) is 4.90 Å². The summed E-state index contributed by atoms with van der Waals surface area (Å²) in [5, 5.41) is 3.94. The maximum Gasteiger partial charge on any atom is 0.412 e. The summed E-state index contributed by atoms with van der Waals surface area (Å²) in [6, 6.07) is 26.3. The lowest BCUT2D eigenvalue weighted by molar-refractivity contribution is 0.200. The van der Waals surface area contributed by atoms with Gasteiger partial charge in [0.05, 0.1) is 0 Å². The lowest BCUT2D eigenvalue weighted by Crippen LogP contribution is -2.46. The predicted octanol–water partition coefficient (Wildman–Crippen LogP) is 5.60. The van der Waals surface area contributed by atoms with Crippen molar-refractivity contribution in [3.63, 3.8) is 0 Å². The molecule has 186 valence electrons. The van der Waals surface area contributed by atoms with Gasteiger partial charge in [0.15, 0.2) is 0 Å². The average Bonchev–Trinajstić information content (AvgIpc) is 3.33. The summed E-state index contributed by atoms with van der Waals surface area (Å²) in [5.74, 6) is 0.560. The van der Waals surface area contributed by atoms with Crippen LogP contribution in [-0.4, -0.2) is 48.7 Å². The summed E-state index contributed by atoms with van der Waals surface area (Å²) in [5.41, 5.74) is 4.71. The third-order valence-electron chi connectivity index (χ3n) is 6.89. The zero-order chi connectivity index (χ0) is 24.6. The molecule has 0 aliphatic carbocycles. The molecule has 2 N–H and O–H groups in total. The number of amides is 1. The molecule has 1 fully saturated rings. The van der Waals surface area contributed by atoms with Crippen LogP contribution in [0.1, 0.15) is 24.0 Å². The van der Waals surface area contributed by atoms with Crippen molar-refractivity contribution in [3.8, 4) is 5.75 Å². The molecule has 5 rings (SSSR count). The summed E-state index contributed by atoms with van der Waals surface area (Å²) in [6.45, 7) is 6.01. The number of para-hydroxylation sites is 1. The van der Waals surface area contributed by atoms with Crippen molar-refractivity contribution in [2.45, 2.75) is 25.8 Å². The first kappa shape index (κ1) is 23.9. The number of unbranched alkanes of at least 4 members (excludes halogenated alkanes) is 1. The van der Waals surface area contributed by atoms with Gasteiger partial charge in [-0.05, 0) is 67.3 Å². The summed E-state index contributed by atoms with van der Waals surface area (Å²) in [7, 11) is 0. The Balaban J connectivity index is 1.07. The number of nitrogens with one attached hydrogen (secondary N) is 2. The molecule has 2 heterocycles. The van der Waals surface area contributed by atoms with Crippen molar-refractivity contribution in [2.75, 3.05) is 37.6 Å². The third kappa shape index (κ3) is 6.26. The van der Waals surface area contributed by atoms with Crippen LogP contribution in [0.3, 0.4) is 0 Å². The number of carbonyl (C=O) groups is 1. The molecule has 0 bridgehead atoms. The van der Waals surface area contributed by atoms with Gasteiger partial charge in [-0.2, -0.15) is 0 Å². The number of aromatic amines is 1. The van der Waals surface area contributed by atoms with E-state index in [0.717, 1.165) is 62.0 Å². The number of aryl methyl sites for hydroxylation is 1. The molecule has 1 saturated heterocycles. The molecule has 3 aromatic carbocycles. The Morgan fingerprint density at radius 2 is 1.64 bits per heavy atom. The molecular weight excluding hydrogens is 448 g/mol. The number of nitrogens with zero attached hydrogens (tertiary/aromatic N) is 2. The summed E-state index contributed by atoms with van der Waals surface area (Å²) in [4.78, 5) is 20.7.